The van der Waals surface area contributed by atoms with Crippen LogP contribution in [-0.4, -0.2) is 30.8 Å². The van der Waals surface area contributed by atoms with E-state index in [9.17, 15) is 4.79 Å². The van der Waals surface area contributed by atoms with E-state index in [1.807, 2.05) is 19.9 Å². The molecule has 0 amide bonds. The maximum Gasteiger partial charge on any atom is 0.335 e. The average molecular weight is 310 g/mol. The van der Waals surface area contributed by atoms with Gasteiger partial charge in [-0.1, -0.05) is 0 Å². The number of hydrogen-bond acceptors (Lipinski definition) is 5. The topological polar surface area (TPSA) is 90.1 Å². The van der Waals surface area contributed by atoms with Crippen LogP contribution in [0, 0.1) is 13.8 Å². The van der Waals surface area contributed by atoms with Gasteiger partial charge in [-0.2, -0.15) is 5.10 Å². The van der Waals surface area contributed by atoms with E-state index >= 15 is 0 Å². The molecule has 23 heavy (non-hydrogen) atoms. The molecule has 1 aromatic carbocycles. The second kappa shape index (κ2) is 5.88. The lowest BCUT2D eigenvalue weighted by Crippen LogP contribution is -2.03. The molecule has 2 heterocycles. The van der Waals surface area contributed by atoms with Gasteiger partial charge < -0.3 is 9.84 Å². The van der Waals surface area contributed by atoms with Gasteiger partial charge in [-0.15, -0.1) is 0 Å². The fourth-order valence-corrected chi connectivity index (χ4v) is 2.15. The highest BCUT2D eigenvalue weighted by atomic mass is 16.5. The Bertz CT molecular complexity index is 856. The number of carboxylic acid groups (broad SMARTS) is 1. The molecule has 1 N–H and O–H groups in total. The molecule has 7 heteroatoms. The predicted octanol–water partition coefficient (Wildman–Crippen LogP) is 2.77. The molecule has 0 saturated carbocycles. The van der Waals surface area contributed by atoms with E-state index in [4.69, 9.17) is 9.84 Å². The standard InChI is InChI=1S/C16H14N4O3/c1-10-7-11(2)20(19-10)14-8-15(18-9-17-14)23-13-5-3-12(4-6-13)16(21)22/h3-9H,1-2H3,(H,21,22). The van der Waals surface area contributed by atoms with Crippen LogP contribution in [0.4, 0.5) is 0 Å². The summed E-state index contributed by atoms with van der Waals surface area (Å²) in [5.74, 6) is 0.465. The quantitative estimate of drug-likeness (QED) is 0.797. The van der Waals surface area contributed by atoms with Gasteiger partial charge in [0.15, 0.2) is 5.82 Å². The summed E-state index contributed by atoms with van der Waals surface area (Å²) < 4.78 is 7.34. The SMILES string of the molecule is Cc1cc(C)n(-c2cc(Oc3ccc(C(=O)O)cc3)ncn2)n1. The molecular formula is C16H14N4O3. The normalized spacial score (nSPS) is 10.5. The van der Waals surface area contributed by atoms with Crippen molar-refractivity contribution in [2.75, 3.05) is 0 Å². The van der Waals surface area contributed by atoms with Crippen molar-refractivity contribution in [3.05, 3.63) is 59.7 Å². The van der Waals surface area contributed by atoms with Crippen LogP contribution in [0.5, 0.6) is 11.6 Å². The Morgan fingerprint density at radius 1 is 1.13 bits per heavy atom. The first-order valence-electron chi connectivity index (χ1n) is 6.90. The molecule has 0 unspecified atom stereocenters. The number of aromatic carboxylic acids is 1. The summed E-state index contributed by atoms with van der Waals surface area (Å²) >= 11 is 0. The van der Waals surface area contributed by atoms with E-state index in [1.165, 1.54) is 18.5 Å². The summed E-state index contributed by atoms with van der Waals surface area (Å²) in [6.45, 7) is 3.85. The van der Waals surface area contributed by atoms with E-state index < -0.39 is 5.97 Å². The lowest BCUT2D eigenvalue weighted by Gasteiger charge is -2.07. The van der Waals surface area contributed by atoms with Gasteiger partial charge in [0.05, 0.1) is 11.3 Å². The summed E-state index contributed by atoms with van der Waals surface area (Å²) in [4.78, 5) is 19.1. The van der Waals surface area contributed by atoms with Crippen molar-refractivity contribution in [3.8, 4) is 17.4 Å². The molecule has 116 valence electrons. The maximum absolute atomic E-state index is 10.8. The number of nitrogens with zero attached hydrogens (tertiary/aromatic N) is 4. The number of rotatable bonds is 4. The predicted molar refractivity (Wildman–Crippen MR) is 82.1 cm³/mol. The van der Waals surface area contributed by atoms with Crippen molar-refractivity contribution < 1.29 is 14.6 Å². The number of carbonyl (C=O) groups is 1. The smallest absolute Gasteiger partial charge is 0.335 e. The molecule has 0 aliphatic rings. The van der Waals surface area contributed by atoms with E-state index in [0.717, 1.165) is 11.4 Å². The average Bonchev–Trinajstić information content (AvgIpc) is 2.87. The third-order valence-corrected chi connectivity index (χ3v) is 3.18. The zero-order valence-corrected chi connectivity index (χ0v) is 12.6. The van der Waals surface area contributed by atoms with Crippen LogP contribution < -0.4 is 4.74 Å². The molecule has 3 aromatic rings. The van der Waals surface area contributed by atoms with E-state index in [-0.39, 0.29) is 5.56 Å². The molecule has 0 radical (unpaired) electrons. The largest absolute Gasteiger partial charge is 0.478 e. The number of aryl methyl sites for hydroxylation is 2. The number of ether oxygens (including phenoxy) is 1. The second-order valence-electron chi connectivity index (χ2n) is 4.98. The molecule has 7 nitrogen and oxygen atoms in total. The fourth-order valence-electron chi connectivity index (χ4n) is 2.15. The number of aromatic nitrogens is 4. The van der Waals surface area contributed by atoms with E-state index in [2.05, 4.69) is 15.1 Å². The second-order valence-corrected chi connectivity index (χ2v) is 4.98. The number of hydrogen-bond donors (Lipinski definition) is 1. The summed E-state index contributed by atoms with van der Waals surface area (Å²) in [5, 5.41) is 13.2. The minimum atomic E-state index is -0.981. The lowest BCUT2D eigenvalue weighted by molar-refractivity contribution is 0.0697. The van der Waals surface area contributed by atoms with Crippen molar-refractivity contribution in [1.29, 1.82) is 0 Å². The van der Waals surface area contributed by atoms with Crippen molar-refractivity contribution >= 4 is 5.97 Å². The monoisotopic (exact) mass is 310 g/mol. The molecule has 3 rings (SSSR count). The number of benzene rings is 1. The molecule has 0 fully saturated rings. The molecule has 0 bridgehead atoms. The Hall–Kier alpha value is -3.22. The van der Waals surface area contributed by atoms with Crippen LogP contribution >= 0.6 is 0 Å². The molecular weight excluding hydrogens is 296 g/mol. The zero-order valence-electron chi connectivity index (χ0n) is 12.6. The lowest BCUT2D eigenvalue weighted by atomic mass is 10.2. The Morgan fingerprint density at radius 3 is 2.48 bits per heavy atom. The first-order valence-corrected chi connectivity index (χ1v) is 6.90. The first kappa shape index (κ1) is 14.7. The Kier molecular flexibility index (Phi) is 3.76. The Morgan fingerprint density at radius 2 is 1.87 bits per heavy atom. The third kappa shape index (κ3) is 3.18. The molecule has 0 aliphatic heterocycles. The van der Waals surface area contributed by atoms with Crippen LogP contribution in [-0.2, 0) is 0 Å². The van der Waals surface area contributed by atoms with Crippen LogP contribution in [0.3, 0.4) is 0 Å². The van der Waals surface area contributed by atoms with Gasteiger partial charge in [-0.05, 0) is 44.2 Å². The summed E-state index contributed by atoms with van der Waals surface area (Å²) in [7, 11) is 0. The third-order valence-electron chi connectivity index (χ3n) is 3.18. The van der Waals surface area contributed by atoms with Crippen molar-refractivity contribution in [2.24, 2.45) is 0 Å². The highest BCUT2D eigenvalue weighted by Crippen LogP contribution is 2.21. The van der Waals surface area contributed by atoms with Crippen molar-refractivity contribution in [1.82, 2.24) is 19.7 Å². The van der Waals surface area contributed by atoms with Gasteiger partial charge >= 0.3 is 5.97 Å². The summed E-state index contributed by atoms with van der Waals surface area (Å²) in [6.07, 6.45) is 1.40. The fraction of sp³-hybridized carbons (Fsp3) is 0.125. The first-order chi connectivity index (χ1) is 11.0. The van der Waals surface area contributed by atoms with E-state index in [0.29, 0.717) is 17.4 Å². The van der Waals surface area contributed by atoms with Crippen molar-refractivity contribution in [2.45, 2.75) is 13.8 Å². The molecule has 2 aromatic heterocycles. The van der Waals surface area contributed by atoms with Gasteiger partial charge in [0.25, 0.3) is 0 Å². The van der Waals surface area contributed by atoms with Crippen molar-refractivity contribution in [3.63, 3.8) is 0 Å². The van der Waals surface area contributed by atoms with Gasteiger partial charge in [-0.3, -0.25) is 0 Å². The Labute approximate surface area is 132 Å². The number of carboxylic acids is 1. The Balaban J connectivity index is 1.85. The van der Waals surface area contributed by atoms with Crippen LogP contribution in [0.1, 0.15) is 21.7 Å². The maximum atomic E-state index is 10.8. The van der Waals surface area contributed by atoms with Crippen LogP contribution in [0.15, 0.2) is 42.7 Å². The van der Waals surface area contributed by atoms with E-state index in [1.54, 1.807) is 22.9 Å². The highest BCUT2D eigenvalue weighted by Gasteiger charge is 2.08. The van der Waals surface area contributed by atoms with Gasteiger partial charge in [0.1, 0.15) is 12.1 Å². The molecule has 0 saturated heterocycles. The molecule has 0 spiro atoms. The van der Waals surface area contributed by atoms with Crippen LogP contribution in [0.25, 0.3) is 5.82 Å². The van der Waals surface area contributed by atoms with Gasteiger partial charge in [0, 0.05) is 11.8 Å². The zero-order chi connectivity index (χ0) is 16.4. The summed E-state index contributed by atoms with van der Waals surface area (Å²) in [5.41, 5.74) is 2.05. The minimum Gasteiger partial charge on any atom is -0.478 e. The summed E-state index contributed by atoms with van der Waals surface area (Å²) in [6, 6.07) is 9.72. The molecule has 0 atom stereocenters. The van der Waals surface area contributed by atoms with Gasteiger partial charge in [0.2, 0.25) is 5.88 Å². The minimum absolute atomic E-state index is 0.198. The van der Waals surface area contributed by atoms with Gasteiger partial charge in [-0.25, -0.2) is 19.4 Å². The molecule has 0 aliphatic carbocycles. The highest BCUT2D eigenvalue weighted by molar-refractivity contribution is 5.87. The van der Waals surface area contributed by atoms with Crippen LogP contribution in [0.2, 0.25) is 0 Å².